The Morgan fingerprint density at radius 3 is 2.52 bits per heavy atom. The van der Waals surface area contributed by atoms with E-state index in [1.165, 1.54) is 11.3 Å². The molecule has 0 unspecified atom stereocenters. The number of piperidine rings is 1. The lowest BCUT2D eigenvalue weighted by Crippen LogP contribution is -2.46. The molecule has 0 bridgehead atoms. The fourth-order valence-electron chi connectivity index (χ4n) is 2.57. The van der Waals surface area contributed by atoms with Crippen molar-refractivity contribution < 1.29 is 13.2 Å². The van der Waals surface area contributed by atoms with Crippen molar-refractivity contribution in [2.45, 2.75) is 23.1 Å². The van der Waals surface area contributed by atoms with Crippen LogP contribution in [0.5, 0.6) is 0 Å². The number of nitrogens with one attached hydrogen (secondary N) is 1. The molecule has 1 amide bonds. The Labute approximate surface area is 139 Å². The fourth-order valence-corrected chi connectivity index (χ4v) is 4.89. The topological polar surface area (TPSA) is 79.4 Å². The van der Waals surface area contributed by atoms with Crippen molar-refractivity contribution in [1.29, 1.82) is 0 Å². The van der Waals surface area contributed by atoms with Crippen molar-refractivity contribution in [2.75, 3.05) is 13.1 Å². The second kappa shape index (κ2) is 6.77. The SMILES string of the molecule is O=C(c1ccncc1)N1CCC(NS(=O)(=O)c2cccs2)CC1. The molecule has 0 atom stereocenters. The Morgan fingerprint density at radius 1 is 1.22 bits per heavy atom. The molecule has 2 aromatic rings. The maximum Gasteiger partial charge on any atom is 0.253 e. The number of aromatic nitrogens is 1. The highest BCUT2D eigenvalue weighted by molar-refractivity contribution is 7.91. The van der Waals surface area contributed by atoms with Gasteiger partial charge in [-0.05, 0) is 36.4 Å². The van der Waals surface area contributed by atoms with E-state index in [9.17, 15) is 13.2 Å². The van der Waals surface area contributed by atoms with E-state index in [4.69, 9.17) is 0 Å². The molecule has 1 aliphatic heterocycles. The predicted octanol–water partition coefficient (Wildman–Crippen LogP) is 1.73. The van der Waals surface area contributed by atoms with Gasteiger partial charge in [0.2, 0.25) is 10.0 Å². The number of nitrogens with zero attached hydrogens (tertiary/aromatic N) is 2. The number of sulfonamides is 1. The van der Waals surface area contributed by atoms with Crippen molar-refractivity contribution >= 4 is 27.3 Å². The van der Waals surface area contributed by atoms with Crippen molar-refractivity contribution in [2.24, 2.45) is 0 Å². The van der Waals surface area contributed by atoms with Crippen LogP contribution in [0.25, 0.3) is 0 Å². The van der Waals surface area contributed by atoms with Crippen molar-refractivity contribution in [3.63, 3.8) is 0 Å². The lowest BCUT2D eigenvalue weighted by molar-refractivity contribution is 0.0711. The van der Waals surface area contributed by atoms with Gasteiger partial charge in [0, 0.05) is 37.1 Å². The van der Waals surface area contributed by atoms with Crippen LogP contribution in [0, 0.1) is 0 Å². The molecule has 0 aromatic carbocycles. The summed E-state index contributed by atoms with van der Waals surface area (Å²) < 4.78 is 27.5. The molecule has 1 aliphatic rings. The largest absolute Gasteiger partial charge is 0.339 e. The van der Waals surface area contributed by atoms with E-state index < -0.39 is 10.0 Å². The third-order valence-electron chi connectivity index (χ3n) is 3.79. The molecule has 1 saturated heterocycles. The molecule has 1 N–H and O–H groups in total. The number of thiophene rings is 1. The van der Waals surface area contributed by atoms with E-state index in [0.717, 1.165) is 0 Å². The minimum absolute atomic E-state index is 0.0352. The maximum atomic E-state index is 12.3. The van der Waals surface area contributed by atoms with Crippen LogP contribution in [0.3, 0.4) is 0 Å². The van der Waals surface area contributed by atoms with Gasteiger partial charge in [-0.2, -0.15) is 0 Å². The highest BCUT2D eigenvalue weighted by atomic mass is 32.2. The smallest absolute Gasteiger partial charge is 0.253 e. The average molecular weight is 351 g/mol. The van der Waals surface area contributed by atoms with E-state index in [-0.39, 0.29) is 11.9 Å². The van der Waals surface area contributed by atoms with Gasteiger partial charge in [-0.15, -0.1) is 11.3 Å². The summed E-state index contributed by atoms with van der Waals surface area (Å²) in [5, 5.41) is 1.74. The number of hydrogen-bond acceptors (Lipinski definition) is 5. The molecule has 0 spiro atoms. The molecule has 0 radical (unpaired) electrons. The molecule has 3 heterocycles. The van der Waals surface area contributed by atoms with Gasteiger partial charge in [0.15, 0.2) is 0 Å². The molecule has 23 heavy (non-hydrogen) atoms. The summed E-state index contributed by atoms with van der Waals surface area (Å²) in [7, 11) is -3.45. The van der Waals surface area contributed by atoms with Crippen molar-refractivity contribution in [1.82, 2.24) is 14.6 Å². The zero-order valence-electron chi connectivity index (χ0n) is 12.4. The number of pyridine rings is 1. The van der Waals surface area contributed by atoms with Gasteiger partial charge >= 0.3 is 0 Å². The standard InChI is InChI=1S/C15H17N3O3S2/c19-15(12-3-7-16-8-4-12)18-9-5-13(6-10-18)17-23(20,21)14-2-1-11-22-14/h1-4,7-8,11,13,17H,5-6,9-10H2. The lowest BCUT2D eigenvalue weighted by Gasteiger charge is -2.32. The molecule has 2 aromatic heterocycles. The minimum Gasteiger partial charge on any atom is -0.339 e. The Bertz CT molecular complexity index is 753. The van der Waals surface area contributed by atoms with Crippen LogP contribution in [0.2, 0.25) is 0 Å². The number of carbonyl (C=O) groups excluding carboxylic acids is 1. The molecule has 8 heteroatoms. The first kappa shape index (κ1) is 16.1. The summed E-state index contributed by atoms with van der Waals surface area (Å²) in [5.74, 6) is -0.0352. The van der Waals surface area contributed by atoms with Gasteiger partial charge in [-0.3, -0.25) is 9.78 Å². The quantitative estimate of drug-likeness (QED) is 0.910. The van der Waals surface area contributed by atoms with Gasteiger partial charge in [-0.1, -0.05) is 6.07 Å². The normalized spacial score (nSPS) is 16.4. The summed E-state index contributed by atoms with van der Waals surface area (Å²) in [6.45, 7) is 1.08. The van der Waals surface area contributed by atoms with E-state index in [1.807, 2.05) is 0 Å². The van der Waals surface area contributed by atoms with Crippen LogP contribution in [0.15, 0.2) is 46.2 Å². The van der Waals surface area contributed by atoms with E-state index in [1.54, 1.807) is 46.9 Å². The molecule has 1 fully saturated rings. The number of hydrogen-bond donors (Lipinski definition) is 1. The molecule has 3 rings (SSSR count). The number of likely N-dealkylation sites (tertiary alicyclic amines) is 1. The fraction of sp³-hybridized carbons (Fsp3) is 0.333. The monoisotopic (exact) mass is 351 g/mol. The zero-order chi connectivity index (χ0) is 16.3. The third kappa shape index (κ3) is 3.77. The first-order valence-corrected chi connectivity index (χ1v) is 9.68. The first-order chi connectivity index (χ1) is 11.1. The zero-order valence-corrected chi connectivity index (χ0v) is 14.0. The molecule has 122 valence electrons. The molecule has 0 aliphatic carbocycles. The first-order valence-electron chi connectivity index (χ1n) is 7.31. The summed E-state index contributed by atoms with van der Waals surface area (Å²) >= 11 is 1.20. The van der Waals surface area contributed by atoms with Crippen LogP contribution in [0.4, 0.5) is 0 Å². The highest BCUT2D eigenvalue weighted by Gasteiger charge is 2.27. The van der Waals surface area contributed by atoms with Crippen LogP contribution in [0.1, 0.15) is 23.2 Å². The van der Waals surface area contributed by atoms with E-state index in [2.05, 4.69) is 9.71 Å². The molecule has 6 nitrogen and oxygen atoms in total. The van der Waals surface area contributed by atoms with Gasteiger partial charge in [-0.25, -0.2) is 13.1 Å². The van der Waals surface area contributed by atoms with Crippen LogP contribution in [-0.4, -0.2) is 43.3 Å². The van der Waals surface area contributed by atoms with Crippen LogP contribution in [-0.2, 0) is 10.0 Å². The summed E-state index contributed by atoms with van der Waals surface area (Å²) in [5.41, 5.74) is 0.609. The van der Waals surface area contributed by atoms with Gasteiger partial charge in [0.1, 0.15) is 4.21 Å². The number of amides is 1. The van der Waals surface area contributed by atoms with Crippen LogP contribution >= 0.6 is 11.3 Å². The Balaban J connectivity index is 1.58. The highest BCUT2D eigenvalue weighted by Crippen LogP contribution is 2.19. The second-order valence-electron chi connectivity index (χ2n) is 5.36. The number of rotatable bonds is 4. The summed E-state index contributed by atoms with van der Waals surface area (Å²) in [4.78, 5) is 18.0. The molecular weight excluding hydrogens is 334 g/mol. The third-order valence-corrected chi connectivity index (χ3v) is 6.71. The Kier molecular flexibility index (Phi) is 4.74. The minimum atomic E-state index is -3.45. The lowest BCUT2D eigenvalue weighted by atomic mass is 10.1. The Hall–Kier alpha value is -1.77. The van der Waals surface area contributed by atoms with Gasteiger partial charge in [0.25, 0.3) is 5.91 Å². The Morgan fingerprint density at radius 2 is 1.91 bits per heavy atom. The maximum absolute atomic E-state index is 12.3. The summed E-state index contributed by atoms with van der Waals surface area (Å²) in [6.07, 6.45) is 4.41. The van der Waals surface area contributed by atoms with Crippen molar-refractivity contribution in [3.05, 3.63) is 47.6 Å². The van der Waals surface area contributed by atoms with Gasteiger partial charge < -0.3 is 4.90 Å². The molecular formula is C15H17N3O3S2. The van der Waals surface area contributed by atoms with E-state index >= 15 is 0 Å². The number of carbonyl (C=O) groups is 1. The van der Waals surface area contributed by atoms with Crippen molar-refractivity contribution in [3.8, 4) is 0 Å². The van der Waals surface area contributed by atoms with Gasteiger partial charge in [0.05, 0.1) is 0 Å². The molecule has 0 saturated carbocycles. The predicted molar refractivity (Wildman–Crippen MR) is 87.8 cm³/mol. The second-order valence-corrected chi connectivity index (χ2v) is 8.24. The summed E-state index contributed by atoms with van der Waals surface area (Å²) in [6, 6.07) is 6.55. The van der Waals surface area contributed by atoms with E-state index in [0.29, 0.717) is 35.7 Å². The van der Waals surface area contributed by atoms with Crippen LogP contribution < -0.4 is 4.72 Å². The average Bonchev–Trinajstić information content (AvgIpc) is 3.11.